The maximum absolute atomic E-state index is 13.0. The van der Waals surface area contributed by atoms with Crippen molar-refractivity contribution in [2.24, 2.45) is 11.5 Å². The fourth-order valence-electron chi connectivity index (χ4n) is 3.20. The molecule has 0 fully saturated rings. The number of hydrogen-bond acceptors (Lipinski definition) is 6. The second-order valence-corrected chi connectivity index (χ2v) is 7.28. The van der Waals surface area contributed by atoms with E-state index in [4.69, 9.17) is 20.9 Å². The number of carbonyl (C=O) groups is 3. The number of unbranched alkanes of at least 4 members (excludes halogenated alkanes) is 1. The van der Waals surface area contributed by atoms with E-state index < -0.39 is 23.8 Å². The lowest BCUT2D eigenvalue weighted by Crippen LogP contribution is -2.44. The van der Waals surface area contributed by atoms with Crippen LogP contribution >= 0.6 is 0 Å². The lowest BCUT2D eigenvalue weighted by atomic mass is 10.1. The number of nitrogens with one attached hydrogen (secondary N) is 2. The van der Waals surface area contributed by atoms with Crippen molar-refractivity contribution in [3.05, 3.63) is 53.1 Å². The molecule has 0 radical (unpaired) electrons. The van der Waals surface area contributed by atoms with Crippen LogP contribution in [0.1, 0.15) is 45.5 Å². The van der Waals surface area contributed by atoms with Gasteiger partial charge in [0.25, 0.3) is 11.8 Å². The predicted molar refractivity (Wildman–Crippen MR) is 122 cm³/mol. The highest BCUT2D eigenvalue weighted by Gasteiger charge is 2.23. The Morgan fingerprint density at radius 1 is 0.969 bits per heavy atom. The molecule has 0 aliphatic heterocycles. The smallest absolute Gasteiger partial charge is 0.255 e. The van der Waals surface area contributed by atoms with E-state index in [2.05, 4.69) is 10.6 Å². The van der Waals surface area contributed by atoms with E-state index in [1.54, 1.807) is 18.2 Å². The van der Waals surface area contributed by atoms with Gasteiger partial charge < -0.3 is 31.6 Å². The number of rotatable bonds is 11. The molecule has 0 spiro atoms. The minimum absolute atomic E-state index is 0.138. The van der Waals surface area contributed by atoms with E-state index in [0.29, 0.717) is 48.6 Å². The largest absolute Gasteiger partial charge is 0.496 e. The lowest BCUT2D eigenvalue weighted by molar-refractivity contribution is -0.118. The summed E-state index contributed by atoms with van der Waals surface area (Å²) in [7, 11) is 2.90. The third kappa shape index (κ3) is 6.45. The highest BCUT2D eigenvalue weighted by molar-refractivity contribution is 6.03. The minimum Gasteiger partial charge on any atom is -0.496 e. The average Bonchev–Trinajstić information content (AvgIpc) is 2.78. The van der Waals surface area contributed by atoms with Gasteiger partial charge in [-0.05, 0) is 63.1 Å². The molecule has 9 nitrogen and oxygen atoms in total. The standard InChI is InChI=1S/C23H30N4O5/c1-14-7-9-20(32-3)17(12-14)22(29)27-18(6-4-5-11-24)23(30)26-15-8-10-19(31-2)16(13-15)21(25)28/h7-10,12-13,18H,4-6,11,24H2,1-3H3,(H2,25,28)(H,26,30)(H,27,29)/t18-/m0/s1. The van der Waals surface area contributed by atoms with E-state index in [1.807, 2.05) is 13.0 Å². The number of nitrogens with two attached hydrogens (primary N) is 2. The van der Waals surface area contributed by atoms with Crippen LogP contribution in [0.25, 0.3) is 0 Å². The Bertz CT molecular complexity index is 977. The summed E-state index contributed by atoms with van der Waals surface area (Å²) in [6, 6.07) is 8.98. The number of amides is 3. The summed E-state index contributed by atoms with van der Waals surface area (Å²) in [5, 5.41) is 5.52. The molecule has 0 aliphatic rings. The molecule has 0 aliphatic carbocycles. The summed E-state index contributed by atoms with van der Waals surface area (Å²) < 4.78 is 10.4. The van der Waals surface area contributed by atoms with Gasteiger partial charge in [-0.25, -0.2) is 0 Å². The molecule has 32 heavy (non-hydrogen) atoms. The Labute approximate surface area is 187 Å². The van der Waals surface area contributed by atoms with Crippen LogP contribution in [0.5, 0.6) is 11.5 Å². The summed E-state index contributed by atoms with van der Waals surface area (Å²) >= 11 is 0. The van der Waals surface area contributed by atoms with Gasteiger partial charge in [0.05, 0.1) is 25.3 Å². The number of anilines is 1. The first-order valence-corrected chi connectivity index (χ1v) is 10.2. The molecular weight excluding hydrogens is 412 g/mol. The molecule has 0 aromatic heterocycles. The van der Waals surface area contributed by atoms with Gasteiger partial charge in [-0.3, -0.25) is 14.4 Å². The van der Waals surface area contributed by atoms with Crippen molar-refractivity contribution in [3.8, 4) is 11.5 Å². The number of aryl methyl sites for hydroxylation is 1. The highest BCUT2D eigenvalue weighted by atomic mass is 16.5. The number of primary amides is 1. The molecule has 0 bridgehead atoms. The third-order valence-corrected chi connectivity index (χ3v) is 4.90. The number of ether oxygens (including phenoxy) is 2. The van der Waals surface area contributed by atoms with Crippen molar-refractivity contribution in [1.82, 2.24) is 5.32 Å². The molecule has 0 heterocycles. The Balaban J connectivity index is 2.24. The van der Waals surface area contributed by atoms with Gasteiger partial charge in [0.2, 0.25) is 5.91 Å². The van der Waals surface area contributed by atoms with Gasteiger partial charge in [-0.15, -0.1) is 0 Å². The molecule has 3 amide bonds. The monoisotopic (exact) mass is 442 g/mol. The number of hydrogen-bond donors (Lipinski definition) is 4. The molecule has 2 aromatic rings. The van der Waals surface area contributed by atoms with Crippen molar-refractivity contribution < 1.29 is 23.9 Å². The fraction of sp³-hybridized carbons (Fsp3) is 0.348. The summed E-state index contributed by atoms with van der Waals surface area (Å²) in [5.41, 5.74) is 12.7. The van der Waals surface area contributed by atoms with Crippen molar-refractivity contribution in [1.29, 1.82) is 0 Å². The molecule has 1 atom stereocenters. The van der Waals surface area contributed by atoms with E-state index in [-0.39, 0.29) is 5.56 Å². The van der Waals surface area contributed by atoms with Gasteiger partial charge in [0, 0.05) is 5.69 Å². The van der Waals surface area contributed by atoms with Gasteiger partial charge in [-0.2, -0.15) is 0 Å². The van der Waals surface area contributed by atoms with Crippen molar-refractivity contribution in [2.45, 2.75) is 32.2 Å². The molecule has 172 valence electrons. The Morgan fingerprint density at radius 2 is 1.62 bits per heavy atom. The second-order valence-electron chi connectivity index (χ2n) is 7.28. The molecule has 0 saturated carbocycles. The van der Waals surface area contributed by atoms with Crippen molar-refractivity contribution >= 4 is 23.4 Å². The lowest BCUT2D eigenvalue weighted by Gasteiger charge is -2.20. The highest BCUT2D eigenvalue weighted by Crippen LogP contribution is 2.23. The zero-order valence-electron chi connectivity index (χ0n) is 18.6. The van der Waals surface area contributed by atoms with Crippen LogP contribution in [-0.2, 0) is 4.79 Å². The molecule has 6 N–H and O–H groups in total. The van der Waals surface area contributed by atoms with E-state index in [1.165, 1.54) is 26.4 Å². The average molecular weight is 443 g/mol. The Kier molecular flexibility index (Phi) is 9.03. The van der Waals surface area contributed by atoms with E-state index in [0.717, 1.165) is 5.56 Å². The molecule has 9 heteroatoms. The van der Waals surface area contributed by atoms with Gasteiger partial charge >= 0.3 is 0 Å². The first-order valence-electron chi connectivity index (χ1n) is 10.2. The predicted octanol–water partition coefficient (Wildman–Crippen LogP) is 1.98. The molecule has 2 aromatic carbocycles. The molecular formula is C23H30N4O5. The third-order valence-electron chi connectivity index (χ3n) is 4.90. The second kappa shape index (κ2) is 11.7. The van der Waals surface area contributed by atoms with Gasteiger partial charge in [-0.1, -0.05) is 11.6 Å². The maximum Gasteiger partial charge on any atom is 0.255 e. The van der Waals surface area contributed by atoms with Crippen LogP contribution in [-0.4, -0.2) is 44.5 Å². The summed E-state index contributed by atoms with van der Waals surface area (Å²) in [4.78, 5) is 37.6. The molecule has 0 saturated heterocycles. The topological polar surface area (TPSA) is 146 Å². The van der Waals surface area contributed by atoms with Crippen LogP contribution in [0.2, 0.25) is 0 Å². The minimum atomic E-state index is -0.821. The van der Waals surface area contributed by atoms with Crippen molar-refractivity contribution in [2.75, 3.05) is 26.1 Å². The number of carbonyl (C=O) groups excluding carboxylic acids is 3. The quantitative estimate of drug-likeness (QED) is 0.392. The van der Waals surface area contributed by atoms with E-state index >= 15 is 0 Å². The fourth-order valence-corrected chi connectivity index (χ4v) is 3.20. The summed E-state index contributed by atoms with van der Waals surface area (Å²) in [6.07, 6.45) is 1.75. The van der Waals surface area contributed by atoms with Crippen LogP contribution in [0.4, 0.5) is 5.69 Å². The van der Waals surface area contributed by atoms with Gasteiger partial charge in [0.1, 0.15) is 17.5 Å². The summed E-state index contributed by atoms with van der Waals surface area (Å²) in [5.74, 6) is -0.823. The van der Waals surface area contributed by atoms with Crippen molar-refractivity contribution in [3.63, 3.8) is 0 Å². The van der Waals surface area contributed by atoms with Crippen LogP contribution < -0.4 is 31.6 Å². The van der Waals surface area contributed by atoms with E-state index in [9.17, 15) is 14.4 Å². The number of methoxy groups -OCH3 is 2. The SMILES string of the molecule is COc1ccc(NC(=O)[C@H](CCCCN)NC(=O)c2cc(C)ccc2OC)cc1C(N)=O. The van der Waals surface area contributed by atoms with Crippen LogP contribution in [0, 0.1) is 6.92 Å². The Hall–Kier alpha value is -3.59. The maximum atomic E-state index is 13.0. The number of benzene rings is 2. The normalized spacial score (nSPS) is 11.4. The zero-order valence-corrected chi connectivity index (χ0v) is 18.6. The molecule has 2 rings (SSSR count). The zero-order chi connectivity index (χ0) is 23.7. The van der Waals surface area contributed by atoms with Crippen LogP contribution in [0.15, 0.2) is 36.4 Å². The van der Waals surface area contributed by atoms with Gasteiger partial charge in [0.15, 0.2) is 0 Å². The first kappa shape index (κ1) is 24.7. The first-order chi connectivity index (χ1) is 15.3. The van der Waals surface area contributed by atoms with Crippen LogP contribution in [0.3, 0.4) is 0 Å². The molecule has 0 unspecified atom stereocenters. The Morgan fingerprint density at radius 3 is 2.25 bits per heavy atom. The summed E-state index contributed by atoms with van der Waals surface area (Å²) in [6.45, 7) is 2.34.